The molecule has 0 unspecified atom stereocenters. The van der Waals surface area contributed by atoms with Gasteiger partial charge in [0.1, 0.15) is 0 Å². The lowest BCUT2D eigenvalue weighted by Crippen LogP contribution is -2.37. The number of aryl methyl sites for hydroxylation is 1. The molecule has 0 atom stereocenters. The van der Waals surface area contributed by atoms with E-state index in [0.29, 0.717) is 0 Å². The van der Waals surface area contributed by atoms with E-state index in [1.54, 1.807) is 11.8 Å². The van der Waals surface area contributed by atoms with E-state index in [1.807, 2.05) is 31.3 Å². The highest BCUT2D eigenvalue weighted by atomic mass is 35.5. The van der Waals surface area contributed by atoms with E-state index in [2.05, 4.69) is 41.4 Å². The van der Waals surface area contributed by atoms with Crippen LogP contribution in [-0.4, -0.2) is 29.4 Å². The Kier molecular flexibility index (Phi) is 7.21. The van der Waals surface area contributed by atoms with Crippen LogP contribution < -0.4 is 5.32 Å². The molecule has 2 rings (SSSR count). The van der Waals surface area contributed by atoms with Gasteiger partial charge in [0.15, 0.2) is 5.11 Å². The molecule has 0 saturated carbocycles. The molecule has 0 aliphatic heterocycles. The topological polar surface area (TPSA) is 15.3 Å². The van der Waals surface area contributed by atoms with Crippen molar-refractivity contribution < 1.29 is 0 Å². The summed E-state index contributed by atoms with van der Waals surface area (Å²) in [5.41, 5.74) is 2.54. The monoisotopic (exact) mass is 364 g/mol. The third-order valence-corrected chi connectivity index (χ3v) is 5.07. The molecule has 0 aromatic heterocycles. The SMILES string of the molecule is Cc1ccc(CN(C)C(=S)NCCSc2ccc(Cl)cc2)cc1. The van der Waals surface area contributed by atoms with Crippen LogP contribution in [0.5, 0.6) is 0 Å². The maximum atomic E-state index is 5.88. The summed E-state index contributed by atoms with van der Waals surface area (Å²) in [4.78, 5) is 3.28. The number of benzene rings is 2. The highest BCUT2D eigenvalue weighted by Crippen LogP contribution is 2.19. The van der Waals surface area contributed by atoms with Crippen molar-refractivity contribution in [3.05, 3.63) is 64.7 Å². The van der Waals surface area contributed by atoms with E-state index in [4.69, 9.17) is 23.8 Å². The maximum Gasteiger partial charge on any atom is 0.169 e. The highest BCUT2D eigenvalue weighted by Gasteiger charge is 2.04. The predicted molar refractivity (Wildman–Crippen MR) is 105 cm³/mol. The molecule has 0 aliphatic carbocycles. The molecule has 122 valence electrons. The minimum absolute atomic E-state index is 0.770. The minimum Gasteiger partial charge on any atom is -0.362 e. The van der Waals surface area contributed by atoms with E-state index in [1.165, 1.54) is 16.0 Å². The molecule has 0 heterocycles. The molecule has 0 saturated heterocycles. The van der Waals surface area contributed by atoms with Gasteiger partial charge in [0.25, 0.3) is 0 Å². The van der Waals surface area contributed by atoms with Gasteiger partial charge < -0.3 is 10.2 Å². The molecule has 5 heteroatoms. The zero-order valence-electron chi connectivity index (χ0n) is 13.4. The molecule has 2 aromatic carbocycles. The fourth-order valence-electron chi connectivity index (χ4n) is 2.03. The first-order valence-electron chi connectivity index (χ1n) is 7.47. The van der Waals surface area contributed by atoms with Crippen molar-refractivity contribution >= 4 is 40.7 Å². The molecular formula is C18H21ClN2S2. The average Bonchev–Trinajstić information content (AvgIpc) is 2.55. The zero-order valence-corrected chi connectivity index (χ0v) is 15.8. The number of hydrogen-bond acceptors (Lipinski definition) is 2. The van der Waals surface area contributed by atoms with Crippen LogP contribution in [0.15, 0.2) is 53.4 Å². The molecule has 2 nitrogen and oxygen atoms in total. The Balaban J connectivity index is 1.69. The molecule has 0 bridgehead atoms. The van der Waals surface area contributed by atoms with Gasteiger partial charge in [0.2, 0.25) is 0 Å². The molecule has 0 amide bonds. The summed E-state index contributed by atoms with van der Waals surface area (Å²) < 4.78 is 0. The van der Waals surface area contributed by atoms with Crippen LogP contribution in [0.4, 0.5) is 0 Å². The summed E-state index contributed by atoms with van der Waals surface area (Å²) in [5.74, 6) is 0.958. The Bertz CT molecular complexity index is 626. The summed E-state index contributed by atoms with van der Waals surface area (Å²) in [6.45, 7) is 3.75. The number of rotatable bonds is 6. The van der Waals surface area contributed by atoms with Gasteiger partial charge >= 0.3 is 0 Å². The Morgan fingerprint density at radius 1 is 1.13 bits per heavy atom. The average molecular weight is 365 g/mol. The van der Waals surface area contributed by atoms with Crippen molar-refractivity contribution in [1.29, 1.82) is 0 Å². The lowest BCUT2D eigenvalue weighted by atomic mass is 10.1. The number of thiocarbonyl (C=S) groups is 1. The van der Waals surface area contributed by atoms with E-state index >= 15 is 0 Å². The van der Waals surface area contributed by atoms with Crippen molar-refractivity contribution in [3.8, 4) is 0 Å². The van der Waals surface area contributed by atoms with Crippen molar-refractivity contribution in [2.45, 2.75) is 18.4 Å². The second-order valence-electron chi connectivity index (χ2n) is 5.38. The Labute approximate surface area is 153 Å². The maximum absolute atomic E-state index is 5.88. The first kappa shape index (κ1) is 18.1. The number of nitrogens with one attached hydrogen (secondary N) is 1. The largest absolute Gasteiger partial charge is 0.362 e. The summed E-state index contributed by atoms with van der Waals surface area (Å²) in [5, 5.41) is 4.86. The van der Waals surface area contributed by atoms with Gasteiger partial charge in [0.05, 0.1) is 0 Å². The third kappa shape index (κ3) is 6.42. The number of hydrogen-bond donors (Lipinski definition) is 1. The number of thioether (sulfide) groups is 1. The van der Waals surface area contributed by atoms with Gasteiger partial charge in [-0.2, -0.15) is 0 Å². The molecule has 0 fully saturated rings. The van der Waals surface area contributed by atoms with Crippen LogP contribution in [0.1, 0.15) is 11.1 Å². The molecular weight excluding hydrogens is 344 g/mol. The molecule has 2 aromatic rings. The van der Waals surface area contributed by atoms with Gasteiger partial charge in [-0.3, -0.25) is 0 Å². The number of halogens is 1. The predicted octanol–water partition coefficient (Wildman–Crippen LogP) is 4.75. The number of nitrogens with zero attached hydrogens (tertiary/aromatic N) is 1. The van der Waals surface area contributed by atoms with Crippen molar-refractivity contribution in [3.63, 3.8) is 0 Å². The lowest BCUT2D eigenvalue weighted by molar-refractivity contribution is 0.491. The summed E-state index contributed by atoms with van der Waals surface area (Å²) >= 11 is 13.1. The summed E-state index contributed by atoms with van der Waals surface area (Å²) in [6, 6.07) is 16.4. The van der Waals surface area contributed by atoms with Gasteiger partial charge in [-0.15, -0.1) is 11.8 Å². The quantitative estimate of drug-likeness (QED) is 0.452. The first-order valence-corrected chi connectivity index (χ1v) is 9.24. The molecule has 0 radical (unpaired) electrons. The van der Waals surface area contributed by atoms with Gasteiger partial charge in [-0.1, -0.05) is 41.4 Å². The van der Waals surface area contributed by atoms with Gasteiger partial charge in [-0.05, 0) is 49.0 Å². The van der Waals surface area contributed by atoms with E-state index < -0.39 is 0 Å². The molecule has 23 heavy (non-hydrogen) atoms. The Hall–Kier alpha value is -1.23. The molecule has 0 aliphatic rings. The summed E-state index contributed by atoms with van der Waals surface area (Å²) in [6.07, 6.45) is 0. The van der Waals surface area contributed by atoms with E-state index in [0.717, 1.165) is 29.0 Å². The van der Waals surface area contributed by atoms with Crippen LogP contribution in [0.2, 0.25) is 5.02 Å². The Morgan fingerprint density at radius 2 is 1.78 bits per heavy atom. The normalized spacial score (nSPS) is 10.4. The third-order valence-electron chi connectivity index (χ3n) is 3.35. The first-order chi connectivity index (χ1) is 11.0. The fourth-order valence-corrected chi connectivity index (χ4v) is 3.09. The molecule has 0 spiro atoms. The van der Waals surface area contributed by atoms with Crippen LogP contribution in [0.3, 0.4) is 0 Å². The molecule has 1 N–H and O–H groups in total. The lowest BCUT2D eigenvalue weighted by Gasteiger charge is -2.21. The fraction of sp³-hybridized carbons (Fsp3) is 0.278. The highest BCUT2D eigenvalue weighted by molar-refractivity contribution is 7.99. The van der Waals surface area contributed by atoms with Crippen LogP contribution >= 0.6 is 35.6 Å². The summed E-state index contributed by atoms with van der Waals surface area (Å²) in [7, 11) is 2.02. The van der Waals surface area contributed by atoms with Crippen LogP contribution in [0.25, 0.3) is 0 Å². The standard InChI is InChI=1S/C18H21ClN2S2/c1-14-3-5-15(6-4-14)13-21(2)18(22)20-11-12-23-17-9-7-16(19)8-10-17/h3-10H,11-13H2,1-2H3,(H,20,22). The smallest absolute Gasteiger partial charge is 0.169 e. The van der Waals surface area contributed by atoms with Crippen molar-refractivity contribution in [2.24, 2.45) is 0 Å². The van der Waals surface area contributed by atoms with Crippen molar-refractivity contribution in [1.82, 2.24) is 10.2 Å². The van der Waals surface area contributed by atoms with E-state index in [-0.39, 0.29) is 0 Å². The second-order valence-corrected chi connectivity index (χ2v) is 7.37. The Morgan fingerprint density at radius 3 is 2.43 bits per heavy atom. The van der Waals surface area contributed by atoms with Gasteiger partial charge in [-0.25, -0.2) is 0 Å². The van der Waals surface area contributed by atoms with Crippen LogP contribution in [-0.2, 0) is 6.54 Å². The van der Waals surface area contributed by atoms with E-state index in [9.17, 15) is 0 Å². The zero-order chi connectivity index (χ0) is 16.7. The second kappa shape index (κ2) is 9.16. The van der Waals surface area contributed by atoms with Gasteiger partial charge in [0, 0.05) is 35.8 Å². The van der Waals surface area contributed by atoms with Crippen molar-refractivity contribution in [2.75, 3.05) is 19.3 Å². The van der Waals surface area contributed by atoms with Crippen LogP contribution in [0, 0.1) is 6.92 Å². The minimum atomic E-state index is 0.770.